The lowest BCUT2D eigenvalue weighted by Crippen LogP contribution is -2.43. The van der Waals surface area contributed by atoms with Crippen molar-refractivity contribution in [3.8, 4) is 6.07 Å². The lowest BCUT2D eigenvalue weighted by atomic mass is 9.83. The summed E-state index contributed by atoms with van der Waals surface area (Å²) >= 11 is 0. The topological polar surface area (TPSA) is 61.2 Å². The van der Waals surface area contributed by atoms with E-state index in [4.69, 9.17) is 5.26 Å². The maximum Gasteiger partial charge on any atom is 0.214 e. The summed E-state index contributed by atoms with van der Waals surface area (Å²) in [4.78, 5) is 0. The highest BCUT2D eigenvalue weighted by molar-refractivity contribution is 7.89. The van der Waals surface area contributed by atoms with Gasteiger partial charge in [-0.15, -0.1) is 0 Å². The van der Waals surface area contributed by atoms with E-state index in [-0.39, 0.29) is 17.1 Å². The molecule has 0 atom stereocenters. The molecular formula is C11H20N2O2S. The standard InChI is InChI=1S/C11H20N2O2S/c1-10(2)8-16(14,15)13-6-4-11(3,9-12)5-7-13/h10H,4-8H2,1-3H3. The maximum absolute atomic E-state index is 11.9. The van der Waals surface area contributed by atoms with Gasteiger partial charge in [-0.25, -0.2) is 12.7 Å². The fraction of sp³-hybridized carbons (Fsp3) is 0.909. The fourth-order valence-electron chi connectivity index (χ4n) is 1.90. The molecule has 92 valence electrons. The maximum atomic E-state index is 11.9. The first-order valence-electron chi connectivity index (χ1n) is 5.68. The third kappa shape index (κ3) is 3.19. The third-order valence-corrected chi connectivity index (χ3v) is 5.27. The summed E-state index contributed by atoms with van der Waals surface area (Å²) in [6.07, 6.45) is 1.28. The predicted molar refractivity (Wildman–Crippen MR) is 63.2 cm³/mol. The molecule has 0 saturated carbocycles. The first-order valence-corrected chi connectivity index (χ1v) is 7.29. The first-order chi connectivity index (χ1) is 7.29. The number of rotatable bonds is 3. The summed E-state index contributed by atoms with van der Waals surface area (Å²) in [7, 11) is -3.12. The lowest BCUT2D eigenvalue weighted by Gasteiger charge is -2.34. The number of nitrogens with zero attached hydrogens (tertiary/aromatic N) is 2. The van der Waals surface area contributed by atoms with Crippen molar-refractivity contribution < 1.29 is 8.42 Å². The van der Waals surface area contributed by atoms with Crippen molar-refractivity contribution in [3.63, 3.8) is 0 Å². The number of piperidine rings is 1. The zero-order chi connectivity index (χ0) is 12.4. The molecular weight excluding hydrogens is 224 g/mol. The molecule has 16 heavy (non-hydrogen) atoms. The van der Waals surface area contributed by atoms with Crippen molar-refractivity contribution in [3.05, 3.63) is 0 Å². The first kappa shape index (κ1) is 13.5. The van der Waals surface area contributed by atoms with Crippen LogP contribution < -0.4 is 0 Å². The minimum Gasteiger partial charge on any atom is -0.212 e. The van der Waals surface area contributed by atoms with E-state index < -0.39 is 10.0 Å². The van der Waals surface area contributed by atoms with Crippen LogP contribution in [-0.2, 0) is 10.0 Å². The Labute approximate surface area is 98.3 Å². The second kappa shape index (κ2) is 4.72. The molecule has 1 heterocycles. The summed E-state index contributed by atoms with van der Waals surface area (Å²) in [5, 5.41) is 8.97. The second-order valence-electron chi connectivity index (χ2n) is 5.24. The van der Waals surface area contributed by atoms with Crippen LogP contribution in [0.4, 0.5) is 0 Å². The van der Waals surface area contributed by atoms with Crippen LogP contribution in [0.25, 0.3) is 0 Å². The van der Waals surface area contributed by atoms with Crippen LogP contribution in [-0.4, -0.2) is 31.6 Å². The molecule has 0 unspecified atom stereocenters. The van der Waals surface area contributed by atoms with Crippen LogP contribution in [0.5, 0.6) is 0 Å². The van der Waals surface area contributed by atoms with Crippen LogP contribution in [0.1, 0.15) is 33.6 Å². The molecule has 1 aliphatic heterocycles. The van der Waals surface area contributed by atoms with Crippen molar-refractivity contribution in [2.45, 2.75) is 33.6 Å². The summed E-state index contributed by atoms with van der Waals surface area (Å²) in [5.41, 5.74) is -0.343. The van der Waals surface area contributed by atoms with Gasteiger partial charge >= 0.3 is 0 Å². The van der Waals surface area contributed by atoms with Crippen LogP contribution in [0.15, 0.2) is 0 Å². The van der Waals surface area contributed by atoms with E-state index >= 15 is 0 Å². The summed E-state index contributed by atoms with van der Waals surface area (Å²) < 4.78 is 25.4. The lowest BCUT2D eigenvalue weighted by molar-refractivity contribution is 0.231. The zero-order valence-corrected chi connectivity index (χ0v) is 11.0. The molecule has 0 aromatic carbocycles. The van der Waals surface area contributed by atoms with Crippen molar-refractivity contribution in [2.75, 3.05) is 18.8 Å². The van der Waals surface area contributed by atoms with E-state index in [1.165, 1.54) is 4.31 Å². The summed E-state index contributed by atoms with van der Waals surface area (Å²) in [5.74, 6) is 0.352. The predicted octanol–water partition coefficient (Wildman–Crippen LogP) is 1.60. The average molecular weight is 244 g/mol. The molecule has 0 amide bonds. The molecule has 0 N–H and O–H groups in total. The van der Waals surface area contributed by atoms with Gasteiger partial charge in [0, 0.05) is 13.1 Å². The molecule has 1 aliphatic rings. The van der Waals surface area contributed by atoms with Crippen LogP contribution in [0.3, 0.4) is 0 Å². The van der Waals surface area contributed by atoms with E-state index in [1.807, 2.05) is 20.8 Å². The normalized spacial score (nSPS) is 21.9. The van der Waals surface area contributed by atoms with E-state index in [0.717, 1.165) is 0 Å². The van der Waals surface area contributed by atoms with Gasteiger partial charge in [-0.05, 0) is 25.7 Å². The van der Waals surface area contributed by atoms with Gasteiger partial charge in [-0.3, -0.25) is 0 Å². The second-order valence-corrected chi connectivity index (χ2v) is 7.26. The van der Waals surface area contributed by atoms with Crippen LogP contribution >= 0.6 is 0 Å². The summed E-state index contributed by atoms with van der Waals surface area (Å²) in [6, 6.07) is 2.27. The van der Waals surface area contributed by atoms with Gasteiger partial charge in [0.15, 0.2) is 0 Å². The van der Waals surface area contributed by atoms with Gasteiger partial charge < -0.3 is 0 Å². The third-order valence-electron chi connectivity index (χ3n) is 3.03. The van der Waals surface area contributed by atoms with E-state index in [0.29, 0.717) is 25.9 Å². The van der Waals surface area contributed by atoms with Gasteiger partial charge in [0.05, 0.1) is 17.2 Å². The van der Waals surface area contributed by atoms with E-state index in [9.17, 15) is 8.42 Å². The Balaban J connectivity index is 2.64. The number of hydrogen-bond acceptors (Lipinski definition) is 3. The van der Waals surface area contributed by atoms with Gasteiger partial charge in [0.2, 0.25) is 10.0 Å². The Morgan fingerprint density at radius 3 is 2.25 bits per heavy atom. The smallest absolute Gasteiger partial charge is 0.212 e. The van der Waals surface area contributed by atoms with Crippen LogP contribution in [0, 0.1) is 22.7 Å². The van der Waals surface area contributed by atoms with Gasteiger partial charge in [-0.1, -0.05) is 13.8 Å². The van der Waals surface area contributed by atoms with Crippen molar-refractivity contribution in [1.29, 1.82) is 5.26 Å². The van der Waals surface area contributed by atoms with Crippen LogP contribution in [0.2, 0.25) is 0 Å². The SMILES string of the molecule is CC(C)CS(=O)(=O)N1CCC(C)(C#N)CC1. The van der Waals surface area contributed by atoms with Gasteiger partial charge in [-0.2, -0.15) is 5.26 Å². The largest absolute Gasteiger partial charge is 0.214 e. The van der Waals surface area contributed by atoms with Gasteiger partial charge in [0.1, 0.15) is 0 Å². The molecule has 0 aromatic heterocycles. The Morgan fingerprint density at radius 2 is 1.88 bits per heavy atom. The Bertz CT molecular complexity index is 373. The monoisotopic (exact) mass is 244 g/mol. The number of hydrogen-bond donors (Lipinski definition) is 0. The molecule has 1 fully saturated rings. The Kier molecular flexibility index (Phi) is 3.97. The number of sulfonamides is 1. The minimum atomic E-state index is -3.12. The van der Waals surface area contributed by atoms with E-state index in [1.54, 1.807) is 0 Å². The molecule has 0 radical (unpaired) electrons. The highest BCUT2D eigenvalue weighted by Gasteiger charge is 2.34. The summed E-state index contributed by atoms with van der Waals surface area (Å²) in [6.45, 7) is 6.68. The molecule has 1 saturated heterocycles. The van der Waals surface area contributed by atoms with E-state index in [2.05, 4.69) is 6.07 Å². The van der Waals surface area contributed by atoms with Crippen molar-refractivity contribution in [2.24, 2.45) is 11.3 Å². The van der Waals surface area contributed by atoms with Crippen molar-refractivity contribution >= 4 is 10.0 Å². The fourth-order valence-corrected chi connectivity index (χ4v) is 3.69. The number of nitriles is 1. The molecule has 0 bridgehead atoms. The quantitative estimate of drug-likeness (QED) is 0.757. The average Bonchev–Trinajstić information content (AvgIpc) is 2.16. The highest BCUT2D eigenvalue weighted by Crippen LogP contribution is 2.31. The Hall–Kier alpha value is -0.600. The zero-order valence-electron chi connectivity index (χ0n) is 10.2. The molecule has 0 spiro atoms. The molecule has 4 nitrogen and oxygen atoms in total. The molecule has 0 aromatic rings. The van der Waals surface area contributed by atoms with Crippen molar-refractivity contribution in [1.82, 2.24) is 4.31 Å². The highest BCUT2D eigenvalue weighted by atomic mass is 32.2. The van der Waals surface area contributed by atoms with Gasteiger partial charge in [0.25, 0.3) is 0 Å². The minimum absolute atomic E-state index is 0.147. The molecule has 1 rings (SSSR count). The molecule has 0 aliphatic carbocycles. The Morgan fingerprint density at radius 1 is 1.38 bits per heavy atom. The molecule has 5 heteroatoms.